The van der Waals surface area contributed by atoms with Gasteiger partial charge in [0.25, 0.3) is 5.56 Å². The van der Waals surface area contributed by atoms with Crippen LogP contribution in [-0.4, -0.2) is 30.3 Å². The highest BCUT2D eigenvalue weighted by Gasteiger charge is 2.19. The van der Waals surface area contributed by atoms with Gasteiger partial charge in [-0.2, -0.15) is 0 Å². The third-order valence-corrected chi connectivity index (χ3v) is 5.37. The van der Waals surface area contributed by atoms with Crippen LogP contribution in [0.4, 0.5) is 0 Å². The van der Waals surface area contributed by atoms with Gasteiger partial charge >= 0.3 is 5.69 Å². The molecule has 2 heterocycles. The quantitative estimate of drug-likeness (QED) is 0.643. The van der Waals surface area contributed by atoms with E-state index in [2.05, 4.69) is 4.98 Å². The maximum atomic E-state index is 12.9. The van der Waals surface area contributed by atoms with E-state index in [0.29, 0.717) is 15.7 Å². The second kappa shape index (κ2) is 7.00. The Morgan fingerprint density at radius 3 is 2.58 bits per heavy atom. The van der Waals surface area contributed by atoms with Crippen LogP contribution in [0, 0.1) is 0 Å². The van der Waals surface area contributed by atoms with E-state index in [1.54, 1.807) is 42.9 Å². The van der Waals surface area contributed by atoms with E-state index in [-0.39, 0.29) is 23.5 Å². The highest BCUT2D eigenvalue weighted by molar-refractivity contribution is 7.99. The Kier molecular flexibility index (Phi) is 4.92. The average molecular weight is 394 g/mol. The van der Waals surface area contributed by atoms with Gasteiger partial charge in [-0.25, -0.2) is 9.78 Å². The molecule has 0 radical (unpaired) electrons. The monoisotopic (exact) mass is 393 g/mol. The van der Waals surface area contributed by atoms with Crippen molar-refractivity contribution in [1.82, 2.24) is 18.7 Å². The van der Waals surface area contributed by atoms with Crippen molar-refractivity contribution in [3.63, 3.8) is 0 Å². The second-order valence-corrected chi connectivity index (χ2v) is 7.05. The molecule has 2 aromatic heterocycles. The standard InChI is InChI=1S/C16H16ClN5O3S/c1-20-12-13(19-15(20)26-8-11(18)23)21(2)16(25)22(14(12)24)7-9-5-3-4-6-10(9)17/h3-6H,7-8H2,1-2H3,(H2,18,23). The molecule has 136 valence electrons. The number of imidazole rings is 1. The number of aryl methyl sites for hydroxylation is 2. The zero-order valence-electron chi connectivity index (χ0n) is 14.1. The summed E-state index contributed by atoms with van der Waals surface area (Å²) in [5.41, 5.74) is 5.39. The summed E-state index contributed by atoms with van der Waals surface area (Å²) >= 11 is 7.26. The predicted molar refractivity (Wildman–Crippen MR) is 101 cm³/mol. The molecule has 0 saturated carbocycles. The highest BCUT2D eigenvalue weighted by atomic mass is 35.5. The molecule has 0 atom stereocenters. The molecule has 8 nitrogen and oxygen atoms in total. The molecule has 3 aromatic rings. The number of benzene rings is 1. The van der Waals surface area contributed by atoms with Crippen LogP contribution < -0.4 is 17.0 Å². The molecule has 0 aliphatic rings. The van der Waals surface area contributed by atoms with E-state index in [4.69, 9.17) is 17.3 Å². The van der Waals surface area contributed by atoms with Crippen molar-refractivity contribution >= 4 is 40.4 Å². The fourth-order valence-electron chi connectivity index (χ4n) is 2.62. The van der Waals surface area contributed by atoms with Gasteiger partial charge in [0.2, 0.25) is 5.91 Å². The van der Waals surface area contributed by atoms with Crippen LogP contribution in [0.2, 0.25) is 5.02 Å². The number of nitrogens with zero attached hydrogens (tertiary/aromatic N) is 4. The molecular weight excluding hydrogens is 378 g/mol. The number of rotatable bonds is 5. The first-order valence-electron chi connectivity index (χ1n) is 7.62. The number of thioether (sulfide) groups is 1. The number of carbonyl (C=O) groups excluding carboxylic acids is 1. The lowest BCUT2D eigenvalue weighted by Gasteiger charge is -2.09. The number of primary amides is 1. The highest BCUT2D eigenvalue weighted by Crippen LogP contribution is 2.20. The summed E-state index contributed by atoms with van der Waals surface area (Å²) in [5, 5.41) is 0.908. The molecular formula is C16H16ClN5O3S. The van der Waals surface area contributed by atoms with Gasteiger partial charge in [-0.15, -0.1) is 0 Å². The number of nitrogens with two attached hydrogens (primary N) is 1. The van der Waals surface area contributed by atoms with E-state index in [1.807, 2.05) is 0 Å². The first kappa shape index (κ1) is 18.3. The van der Waals surface area contributed by atoms with E-state index >= 15 is 0 Å². The normalized spacial score (nSPS) is 11.2. The topological polar surface area (TPSA) is 105 Å². The maximum absolute atomic E-state index is 12.9. The Balaban J connectivity index is 2.18. The van der Waals surface area contributed by atoms with Crippen molar-refractivity contribution < 1.29 is 4.79 Å². The fraction of sp³-hybridized carbons (Fsp3) is 0.250. The van der Waals surface area contributed by atoms with Gasteiger partial charge in [0.15, 0.2) is 16.3 Å². The van der Waals surface area contributed by atoms with Crippen LogP contribution in [-0.2, 0) is 25.4 Å². The van der Waals surface area contributed by atoms with E-state index in [9.17, 15) is 14.4 Å². The minimum absolute atomic E-state index is 0.0267. The van der Waals surface area contributed by atoms with E-state index < -0.39 is 17.2 Å². The minimum atomic E-state index is -0.494. The number of fused-ring (bicyclic) bond motifs is 1. The van der Waals surface area contributed by atoms with Gasteiger partial charge in [0.05, 0.1) is 12.3 Å². The average Bonchev–Trinajstić information content (AvgIpc) is 2.93. The Morgan fingerprint density at radius 1 is 1.23 bits per heavy atom. The van der Waals surface area contributed by atoms with Crippen LogP contribution >= 0.6 is 23.4 Å². The summed E-state index contributed by atoms with van der Waals surface area (Å²) in [6.45, 7) is 0.0516. The lowest BCUT2D eigenvalue weighted by molar-refractivity contribution is -0.115. The summed E-state index contributed by atoms with van der Waals surface area (Å²) in [7, 11) is 3.20. The molecule has 0 spiro atoms. The molecule has 3 rings (SSSR count). The van der Waals surface area contributed by atoms with Crippen molar-refractivity contribution in [2.24, 2.45) is 19.8 Å². The van der Waals surface area contributed by atoms with Crippen LogP contribution in [0.1, 0.15) is 5.56 Å². The molecule has 0 aliphatic carbocycles. The van der Waals surface area contributed by atoms with Crippen LogP contribution in [0.5, 0.6) is 0 Å². The number of halogens is 1. The van der Waals surface area contributed by atoms with Gasteiger partial charge < -0.3 is 10.3 Å². The smallest absolute Gasteiger partial charge is 0.332 e. The van der Waals surface area contributed by atoms with Crippen molar-refractivity contribution in [1.29, 1.82) is 0 Å². The van der Waals surface area contributed by atoms with Gasteiger partial charge in [-0.05, 0) is 11.6 Å². The Hall–Kier alpha value is -2.52. The van der Waals surface area contributed by atoms with Crippen LogP contribution in [0.25, 0.3) is 11.2 Å². The lowest BCUT2D eigenvalue weighted by atomic mass is 10.2. The van der Waals surface area contributed by atoms with Gasteiger partial charge in [0.1, 0.15) is 0 Å². The van der Waals surface area contributed by atoms with Crippen molar-refractivity contribution in [3.05, 3.63) is 55.7 Å². The summed E-state index contributed by atoms with van der Waals surface area (Å²) in [5.74, 6) is -0.467. The van der Waals surface area contributed by atoms with Crippen LogP contribution in [0.15, 0.2) is 39.0 Å². The Bertz CT molecular complexity index is 1130. The number of hydrogen-bond acceptors (Lipinski definition) is 5. The summed E-state index contributed by atoms with van der Waals surface area (Å²) in [6, 6.07) is 7.03. The summed E-state index contributed by atoms with van der Waals surface area (Å²) in [4.78, 5) is 40.9. The third-order valence-electron chi connectivity index (χ3n) is 3.95. The molecule has 0 aliphatic heterocycles. The van der Waals surface area contributed by atoms with E-state index in [0.717, 1.165) is 16.3 Å². The zero-order valence-corrected chi connectivity index (χ0v) is 15.7. The van der Waals surface area contributed by atoms with Gasteiger partial charge in [-0.3, -0.25) is 18.7 Å². The second-order valence-electron chi connectivity index (χ2n) is 5.70. The SMILES string of the molecule is Cn1c(SCC(N)=O)nc2c1c(=O)n(Cc1ccccc1Cl)c(=O)n2C. The molecule has 1 aromatic carbocycles. The molecule has 10 heteroatoms. The fourth-order valence-corrected chi connectivity index (χ4v) is 3.53. The van der Waals surface area contributed by atoms with Crippen molar-refractivity contribution in [3.8, 4) is 0 Å². The maximum Gasteiger partial charge on any atom is 0.332 e. The minimum Gasteiger partial charge on any atom is -0.369 e. The lowest BCUT2D eigenvalue weighted by Crippen LogP contribution is -2.39. The molecule has 0 saturated heterocycles. The van der Waals surface area contributed by atoms with Crippen molar-refractivity contribution in [2.45, 2.75) is 11.7 Å². The number of aromatic nitrogens is 4. The number of hydrogen-bond donors (Lipinski definition) is 1. The third kappa shape index (κ3) is 3.15. The molecule has 0 unspecified atom stereocenters. The zero-order chi connectivity index (χ0) is 19.0. The number of amides is 1. The van der Waals surface area contributed by atoms with Gasteiger partial charge in [-0.1, -0.05) is 41.6 Å². The first-order valence-corrected chi connectivity index (χ1v) is 8.98. The molecule has 1 amide bonds. The summed E-state index contributed by atoms with van der Waals surface area (Å²) in [6.07, 6.45) is 0. The van der Waals surface area contributed by atoms with E-state index in [1.165, 1.54) is 4.57 Å². The Morgan fingerprint density at radius 2 is 1.92 bits per heavy atom. The molecule has 0 fully saturated rings. The first-order chi connectivity index (χ1) is 12.3. The van der Waals surface area contributed by atoms with Crippen LogP contribution in [0.3, 0.4) is 0 Å². The predicted octanol–water partition coefficient (Wildman–Crippen LogP) is 0.713. The number of carbonyl (C=O) groups is 1. The van der Waals surface area contributed by atoms with Gasteiger partial charge in [0, 0.05) is 19.1 Å². The summed E-state index contributed by atoms with van der Waals surface area (Å²) < 4.78 is 3.99. The van der Waals surface area contributed by atoms with Crippen molar-refractivity contribution in [2.75, 3.05) is 5.75 Å². The largest absolute Gasteiger partial charge is 0.369 e. The molecule has 0 bridgehead atoms. The molecule has 2 N–H and O–H groups in total. The Labute approximate surface area is 157 Å². The molecule has 26 heavy (non-hydrogen) atoms.